The Morgan fingerprint density at radius 3 is 2.45 bits per heavy atom. The molecule has 1 heterocycles. The third-order valence-corrected chi connectivity index (χ3v) is 4.66. The summed E-state index contributed by atoms with van der Waals surface area (Å²) in [6.45, 7) is -0.294. The van der Waals surface area contributed by atoms with Crippen molar-refractivity contribution in [3.05, 3.63) is 87.8 Å². The highest BCUT2D eigenvalue weighted by Gasteiger charge is 2.30. The summed E-state index contributed by atoms with van der Waals surface area (Å²) in [7, 11) is 0. The van der Waals surface area contributed by atoms with Crippen LogP contribution in [-0.2, 0) is 6.18 Å². The van der Waals surface area contributed by atoms with Crippen molar-refractivity contribution >= 4 is 33.4 Å². The zero-order chi connectivity index (χ0) is 22.6. The highest BCUT2D eigenvalue weighted by molar-refractivity contribution is 9.10. The smallest absolute Gasteiger partial charge is 0.416 e. The fourth-order valence-electron chi connectivity index (χ4n) is 2.70. The second-order valence-corrected chi connectivity index (χ2v) is 7.27. The number of alkyl halides is 3. The van der Waals surface area contributed by atoms with Gasteiger partial charge in [-0.05, 0) is 64.0 Å². The Bertz CT molecular complexity index is 1100. The molecule has 0 saturated carbocycles. The minimum absolute atomic E-state index is 0.0285. The van der Waals surface area contributed by atoms with Gasteiger partial charge < -0.3 is 20.2 Å². The van der Waals surface area contributed by atoms with Crippen molar-refractivity contribution in [1.82, 2.24) is 5.32 Å². The van der Waals surface area contributed by atoms with Gasteiger partial charge in [0.15, 0.2) is 10.4 Å². The molecule has 1 aromatic heterocycles. The molecular formula is C21H16BrF3N2O4. The zero-order valence-electron chi connectivity index (χ0n) is 15.7. The average molecular weight is 497 g/mol. The summed E-state index contributed by atoms with van der Waals surface area (Å²) in [6.07, 6.45) is -5.86. The number of aliphatic hydroxyl groups is 1. The minimum Gasteiger partial charge on any atom is -0.444 e. The number of amides is 2. The maximum atomic E-state index is 12.8. The number of carbonyl (C=O) groups is 2. The lowest BCUT2D eigenvalue weighted by atomic mass is 10.1. The molecule has 2 aromatic carbocycles. The molecule has 0 bridgehead atoms. The highest BCUT2D eigenvalue weighted by Crippen LogP contribution is 2.30. The predicted molar refractivity (Wildman–Crippen MR) is 110 cm³/mol. The molecule has 10 heteroatoms. The third-order valence-electron chi connectivity index (χ3n) is 4.23. The number of anilines is 1. The number of furan rings is 1. The van der Waals surface area contributed by atoms with Gasteiger partial charge in [0.2, 0.25) is 0 Å². The lowest BCUT2D eigenvalue weighted by Gasteiger charge is -2.15. The van der Waals surface area contributed by atoms with E-state index in [1.807, 2.05) is 0 Å². The molecule has 0 fully saturated rings. The molecule has 162 valence electrons. The van der Waals surface area contributed by atoms with Gasteiger partial charge in [0.05, 0.1) is 11.7 Å². The summed E-state index contributed by atoms with van der Waals surface area (Å²) in [5, 5.41) is 15.2. The lowest BCUT2D eigenvalue weighted by molar-refractivity contribution is -0.137. The van der Waals surface area contributed by atoms with Crippen LogP contribution >= 0.6 is 15.9 Å². The fraction of sp³-hybridized carbons (Fsp3) is 0.143. The number of aliphatic hydroxyl groups excluding tert-OH is 1. The van der Waals surface area contributed by atoms with E-state index in [0.29, 0.717) is 10.4 Å². The molecule has 0 aliphatic carbocycles. The largest absolute Gasteiger partial charge is 0.444 e. The minimum atomic E-state index is -4.53. The SMILES string of the molecule is O=C(NCC(O)c1cccc(C(F)(F)F)c1)c1cccc(NC(=O)c2ccc(Br)o2)c1. The van der Waals surface area contributed by atoms with Crippen LogP contribution < -0.4 is 10.6 Å². The van der Waals surface area contributed by atoms with Crippen molar-refractivity contribution in [1.29, 1.82) is 0 Å². The predicted octanol–water partition coefficient (Wildman–Crippen LogP) is 4.78. The molecule has 0 saturated heterocycles. The van der Waals surface area contributed by atoms with E-state index >= 15 is 0 Å². The number of rotatable bonds is 6. The van der Waals surface area contributed by atoms with Crippen molar-refractivity contribution in [3.63, 3.8) is 0 Å². The Balaban J connectivity index is 1.62. The molecule has 3 aromatic rings. The molecule has 1 atom stereocenters. The summed E-state index contributed by atoms with van der Waals surface area (Å²) in [5.41, 5.74) is -0.332. The molecule has 0 radical (unpaired) electrons. The standard InChI is InChI=1S/C21H16BrF3N2O4/c22-18-8-7-17(31-18)20(30)27-15-6-2-4-13(10-15)19(29)26-11-16(28)12-3-1-5-14(9-12)21(23,24)25/h1-10,16,28H,11H2,(H,26,29)(H,27,30). The van der Waals surface area contributed by atoms with Gasteiger partial charge in [0.1, 0.15) is 0 Å². The van der Waals surface area contributed by atoms with Gasteiger partial charge in [0.25, 0.3) is 11.8 Å². The van der Waals surface area contributed by atoms with E-state index in [-0.39, 0.29) is 23.4 Å². The topological polar surface area (TPSA) is 91.6 Å². The van der Waals surface area contributed by atoms with Gasteiger partial charge in [0, 0.05) is 17.8 Å². The van der Waals surface area contributed by atoms with Crippen LogP contribution in [-0.4, -0.2) is 23.5 Å². The van der Waals surface area contributed by atoms with Crippen LogP contribution in [0.4, 0.5) is 18.9 Å². The van der Waals surface area contributed by atoms with Gasteiger partial charge >= 0.3 is 6.18 Å². The van der Waals surface area contributed by atoms with Crippen molar-refractivity contribution in [3.8, 4) is 0 Å². The van der Waals surface area contributed by atoms with Crippen LogP contribution in [0, 0.1) is 0 Å². The van der Waals surface area contributed by atoms with Crippen molar-refractivity contribution in [2.24, 2.45) is 0 Å². The molecule has 2 amide bonds. The van der Waals surface area contributed by atoms with Crippen LogP contribution in [0.25, 0.3) is 0 Å². The molecule has 3 N–H and O–H groups in total. The van der Waals surface area contributed by atoms with Crippen LogP contribution in [0.2, 0.25) is 0 Å². The highest BCUT2D eigenvalue weighted by atomic mass is 79.9. The van der Waals surface area contributed by atoms with Gasteiger partial charge in [-0.3, -0.25) is 9.59 Å². The molecule has 31 heavy (non-hydrogen) atoms. The quantitative estimate of drug-likeness (QED) is 0.458. The molecule has 6 nitrogen and oxygen atoms in total. The van der Waals surface area contributed by atoms with E-state index in [2.05, 4.69) is 26.6 Å². The van der Waals surface area contributed by atoms with Crippen LogP contribution in [0.3, 0.4) is 0 Å². The van der Waals surface area contributed by atoms with Gasteiger partial charge in [-0.2, -0.15) is 13.2 Å². The zero-order valence-corrected chi connectivity index (χ0v) is 17.3. The van der Waals surface area contributed by atoms with Crippen molar-refractivity contribution in [2.45, 2.75) is 12.3 Å². The van der Waals surface area contributed by atoms with Crippen LogP contribution in [0.1, 0.15) is 38.1 Å². The van der Waals surface area contributed by atoms with Crippen LogP contribution in [0.5, 0.6) is 0 Å². The number of carbonyl (C=O) groups excluding carboxylic acids is 2. The summed E-state index contributed by atoms with van der Waals surface area (Å²) in [5.74, 6) is -1.00. The summed E-state index contributed by atoms with van der Waals surface area (Å²) in [6, 6.07) is 13.3. The average Bonchev–Trinajstić information content (AvgIpc) is 3.18. The second-order valence-electron chi connectivity index (χ2n) is 6.49. The fourth-order valence-corrected chi connectivity index (χ4v) is 3.01. The number of hydrogen-bond acceptors (Lipinski definition) is 4. The maximum absolute atomic E-state index is 12.8. The summed E-state index contributed by atoms with van der Waals surface area (Å²) >= 11 is 3.10. The monoisotopic (exact) mass is 496 g/mol. The normalized spacial score (nSPS) is 12.3. The Kier molecular flexibility index (Phi) is 6.81. The van der Waals surface area contributed by atoms with Crippen LogP contribution in [0.15, 0.2) is 69.8 Å². The van der Waals surface area contributed by atoms with E-state index < -0.39 is 29.7 Å². The summed E-state index contributed by atoms with van der Waals surface area (Å²) in [4.78, 5) is 24.5. The molecular weight excluding hydrogens is 481 g/mol. The first-order valence-corrected chi connectivity index (χ1v) is 9.73. The van der Waals surface area contributed by atoms with Crippen molar-refractivity contribution < 1.29 is 32.3 Å². The number of halogens is 4. The van der Waals surface area contributed by atoms with Gasteiger partial charge in [-0.15, -0.1) is 0 Å². The van der Waals surface area contributed by atoms with E-state index in [4.69, 9.17) is 4.42 Å². The maximum Gasteiger partial charge on any atom is 0.416 e. The number of nitrogens with one attached hydrogen (secondary N) is 2. The Morgan fingerprint density at radius 1 is 1.03 bits per heavy atom. The Morgan fingerprint density at radius 2 is 1.77 bits per heavy atom. The van der Waals surface area contributed by atoms with Gasteiger partial charge in [-0.1, -0.05) is 18.2 Å². The lowest BCUT2D eigenvalue weighted by Crippen LogP contribution is -2.28. The Hall–Kier alpha value is -3.11. The first-order chi connectivity index (χ1) is 14.6. The van der Waals surface area contributed by atoms with E-state index in [0.717, 1.165) is 12.1 Å². The first kappa shape index (κ1) is 22.6. The molecule has 0 aliphatic heterocycles. The molecule has 0 spiro atoms. The molecule has 1 unspecified atom stereocenters. The van der Waals surface area contributed by atoms with E-state index in [9.17, 15) is 27.9 Å². The second kappa shape index (κ2) is 9.36. The molecule has 3 rings (SSSR count). The molecule has 0 aliphatic rings. The third kappa shape index (κ3) is 5.96. The number of benzene rings is 2. The van der Waals surface area contributed by atoms with E-state index in [1.54, 1.807) is 18.2 Å². The Labute approximate surface area is 183 Å². The van der Waals surface area contributed by atoms with E-state index in [1.165, 1.54) is 30.3 Å². The summed E-state index contributed by atoms with van der Waals surface area (Å²) < 4.78 is 44.0. The van der Waals surface area contributed by atoms with Crippen molar-refractivity contribution in [2.75, 3.05) is 11.9 Å². The number of hydrogen-bond donors (Lipinski definition) is 3. The first-order valence-electron chi connectivity index (χ1n) is 8.93. The van der Waals surface area contributed by atoms with Gasteiger partial charge in [-0.25, -0.2) is 0 Å².